The lowest BCUT2D eigenvalue weighted by Crippen LogP contribution is -2.50. The van der Waals surface area contributed by atoms with E-state index in [-0.39, 0.29) is 24.7 Å². The van der Waals surface area contributed by atoms with E-state index in [0.29, 0.717) is 23.4 Å². The van der Waals surface area contributed by atoms with Crippen LogP contribution in [0.4, 0.5) is 5.69 Å². The maximum absolute atomic E-state index is 12.6. The largest absolute Gasteiger partial charge is 0.497 e. The number of amides is 1. The van der Waals surface area contributed by atoms with Crippen molar-refractivity contribution < 1.29 is 19.4 Å². The first-order valence-corrected chi connectivity index (χ1v) is 16.3. The Hall–Kier alpha value is -2.93. The molecule has 0 saturated carbocycles. The second-order valence-corrected chi connectivity index (χ2v) is 15.3. The number of anilines is 1. The fraction of sp³-hybridized carbons (Fsp3) is 0.387. The molecule has 37 heavy (non-hydrogen) atoms. The molecular weight excluding hydrogens is 478 g/mol. The number of ether oxygens (including phenoxy) is 2. The average Bonchev–Trinajstić information content (AvgIpc) is 3.23. The van der Waals surface area contributed by atoms with Crippen LogP contribution >= 0.6 is 0 Å². The molecule has 4 atom stereocenters. The van der Waals surface area contributed by atoms with E-state index in [4.69, 9.17) is 9.47 Å². The molecule has 3 aromatic rings. The number of aliphatic hydroxyl groups is 1. The summed E-state index contributed by atoms with van der Waals surface area (Å²) in [6.07, 6.45) is 2.63. The van der Waals surface area contributed by atoms with Gasteiger partial charge in [0.25, 0.3) is 5.91 Å². The Kier molecular flexibility index (Phi) is 8.85. The summed E-state index contributed by atoms with van der Waals surface area (Å²) in [7, 11) is -0.201. The molecule has 2 N–H and O–H groups in total. The van der Waals surface area contributed by atoms with Crippen LogP contribution in [-0.4, -0.2) is 45.0 Å². The summed E-state index contributed by atoms with van der Waals surface area (Å²) >= 11 is 0. The fourth-order valence-corrected chi connectivity index (χ4v) is 10.1. The second kappa shape index (κ2) is 12.1. The third-order valence-electron chi connectivity index (χ3n) is 7.92. The Morgan fingerprint density at radius 1 is 0.973 bits per heavy atom. The predicted molar refractivity (Wildman–Crippen MR) is 153 cm³/mol. The van der Waals surface area contributed by atoms with Crippen molar-refractivity contribution in [2.45, 2.75) is 57.0 Å². The minimum absolute atomic E-state index is 0.0604. The molecule has 5 nitrogen and oxygen atoms in total. The van der Waals surface area contributed by atoms with Crippen LogP contribution in [0.2, 0.25) is 18.6 Å². The van der Waals surface area contributed by atoms with E-state index >= 15 is 0 Å². The van der Waals surface area contributed by atoms with E-state index in [2.05, 4.69) is 49.6 Å². The zero-order valence-electron chi connectivity index (χ0n) is 22.3. The van der Waals surface area contributed by atoms with Gasteiger partial charge in [0.2, 0.25) is 0 Å². The highest BCUT2D eigenvalue weighted by atomic mass is 28.3. The van der Waals surface area contributed by atoms with Crippen molar-refractivity contribution in [3.8, 4) is 5.75 Å². The molecule has 1 aliphatic heterocycles. The standard InChI is InChI=1S/C31H39NO4Si/c1-22-28(18-13-23-9-8-12-25(21-23)32-31(34)24-10-6-5-7-11-24)36-29(19-20-33)30(22)37(3,4)27-16-14-26(35-2)15-17-27/h5-12,14-17,21-22,28-30,33H,13,18-20H2,1-4H3,(H,32,34)/t22-,28+,29-,30+/m1/s1. The summed E-state index contributed by atoms with van der Waals surface area (Å²) in [4.78, 5) is 12.6. The fourth-order valence-electron chi connectivity index (χ4n) is 5.95. The summed E-state index contributed by atoms with van der Waals surface area (Å²) in [6.45, 7) is 7.30. The highest BCUT2D eigenvalue weighted by molar-refractivity contribution is 6.91. The van der Waals surface area contributed by atoms with Crippen LogP contribution in [0, 0.1) is 5.92 Å². The molecule has 0 aromatic heterocycles. The van der Waals surface area contributed by atoms with Crippen molar-refractivity contribution in [1.82, 2.24) is 0 Å². The molecule has 0 unspecified atom stereocenters. The number of methoxy groups -OCH3 is 1. The van der Waals surface area contributed by atoms with Gasteiger partial charge in [0.15, 0.2) is 0 Å². The van der Waals surface area contributed by atoms with Crippen LogP contribution in [0.1, 0.15) is 35.7 Å². The molecule has 0 bridgehead atoms. The maximum Gasteiger partial charge on any atom is 0.255 e. The second-order valence-electron chi connectivity index (χ2n) is 10.6. The van der Waals surface area contributed by atoms with Gasteiger partial charge in [0, 0.05) is 17.9 Å². The maximum atomic E-state index is 12.6. The molecule has 0 spiro atoms. The number of rotatable bonds is 10. The van der Waals surface area contributed by atoms with Crippen LogP contribution in [-0.2, 0) is 11.2 Å². The van der Waals surface area contributed by atoms with Gasteiger partial charge in [-0.3, -0.25) is 4.79 Å². The van der Waals surface area contributed by atoms with Crippen molar-refractivity contribution in [1.29, 1.82) is 0 Å². The summed E-state index contributed by atoms with van der Waals surface area (Å²) in [5.74, 6) is 1.16. The molecule has 1 amide bonds. The Morgan fingerprint density at radius 3 is 2.38 bits per heavy atom. The SMILES string of the molecule is COc1ccc([Si](C)(C)[C@H]2[C@H](C)[C@H](CCc3cccc(NC(=O)c4ccccc4)c3)O[C@@H]2CCO)cc1. The van der Waals surface area contributed by atoms with Crippen molar-refractivity contribution >= 4 is 24.9 Å². The lowest BCUT2D eigenvalue weighted by atomic mass is 9.95. The van der Waals surface area contributed by atoms with Gasteiger partial charge >= 0.3 is 0 Å². The van der Waals surface area contributed by atoms with E-state index < -0.39 is 8.07 Å². The molecule has 1 aliphatic rings. The summed E-state index contributed by atoms with van der Waals surface area (Å²) in [6, 6.07) is 25.8. The number of aryl methyl sites for hydroxylation is 1. The highest BCUT2D eigenvalue weighted by Crippen LogP contribution is 2.46. The van der Waals surface area contributed by atoms with Crippen molar-refractivity contribution in [2.24, 2.45) is 5.92 Å². The predicted octanol–water partition coefficient (Wildman–Crippen LogP) is 5.65. The van der Waals surface area contributed by atoms with Gasteiger partial charge in [-0.2, -0.15) is 0 Å². The Balaban J connectivity index is 1.44. The molecule has 6 heteroatoms. The van der Waals surface area contributed by atoms with Crippen LogP contribution in [0.5, 0.6) is 5.75 Å². The number of carbonyl (C=O) groups is 1. The van der Waals surface area contributed by atoms with Gasteiger partial charge in [-0.05, 0) is 72.7 Å². The first-order chi connectivity index (χ1) is 17.8. The highest BCUT2D eigenvalue weighted by Gasteiger charge is 2.50. The van der Waals surface area contributed by atoms with Gasteiger partial charge in [0.1, 0.15) is 5.75 Å². The smallest absolute Gasteiger partial charge is 0.255 e. The first-order valence-electron chi connectivity index (χ1n) is 13.2. The third kappa shape index (κ3) is 6.32. The van der Waals surface area contributed by atoms with Crippen molar-refractivity contribution in [3.63, 3.8) is 0 Å². The van der Waals surface area contributed by atoms with Crippen LogP contribution in [0.15, 0.2) is 78.9 Å². The lowest BCUT2D eigenvalue weighted by Gasteiger charge is -2.36. The molecule has 1 saturated heterocycles. The van der Waals surface area contributed by atoms with Gasteiger partial charge in [-0.15, -0.1) is 0 Å². The summed E-state index contributed by atoms with van der Waals surface area (Å²) in [5, 5.41) is 14.2. The van der Waals surface area contributed by atoms with E-state index in [0.717, 1.165) is 24.3 Å². The number of hydrogen-bond acceptors (Lipinski definition) is 4. The van der Waals surface area contributed by atoms with Crippen molar-refractivity contribution in [3.05, 3.63) is 90.0 Å². The molecule has 0 aliphatic carbocycles. The van der Waals surface area contributed by atoms with E-state index in [1.807, 2.05) is 54.6 Å². The number of nitrogens with one attached hydrogen (secondary N) is 1. The number of benzene rings is 3. The zero-order chi connectivity index (χ0) is 26.4. The number of carbonyl (C=O) groups excluding carboxylic acids is 1. The van der Waals surface area contributed by atoms with E-state index in [1.165, 1.54) is 10.8 Å². The Labute approximate surface area is 221 Å². The molecule has 1 heterocycles. The molecule has 196 valence electrons. The molecule has 1 fully saturated rings. The molecule has 0 radical (unpaired) electrons. The Morgan fingerprint density at radius 2 is 1.70 bits per heavy atom. The summed E-state index contributed by atoms with van der Waals surface area (Å²) in [5.41, 5.74) is 3.03. The van der Waals surface area contributed by atoms with Crippen LogP contribution < -0.4 is 15.2 Å². The molecule has 4 rings (SSSR count). The molecule has 3 aromatic carbocycles. The Bertz CT molecular complexity index is 1170. The topological polar surface area (TPSA) is 67.8 Å². The third-order valence-corrected chi connectivity index (χ3v) is 12.3. The average molecular weight is 518 g/mol. The molecular formula is C31H39NO4Si. The first kappa shape index (κ1) is 27.1. The number of aliphatic hydroxyl groups excluding tert-OH is 1. The van der Waals surface area contributed by atoms with Gasteiger partial charge in [-0.25, -0.2) is 0 Å². The van der Waals surface area contributed by atoms with E-state index in [9.17, 15) is 9.90 Å². The van der Waals surface area contributed by atoms with Gasteiger partial charge in [0.05, 0.1) is 27.4 Å². The minimum atomic E-state index is -1.89. The normalized spacial score (nSPS) is 21.5. The van der Waals surface area contributed by atoms with Crippen LogP contribution in [0.25, 0.3) is 0 Å². The monoisotopic (exact) mass is 517 g/mol. The lowest BCUT2D eigenvalue weighted by molar-refractivity contribution is 0.0196. The summed E-state index contributed by atoms with van der Waals surface area (Å²) < 4.78 is 12.0. The quantitative estimate of drug-likeness (QED) is 0.341. The number of hydrogen-bond donors (Lipinski definition) is 2. The van der Waals surface area contributed by atoms with Crippen LogP contribution in [0.3, 0.4) is 0 Å². The van der Waals surface area contributed by atoms with Crippen molar-refractivity contribution in [2.75, 3.05) is 19.0 Å². The van der Waals surface area contributed by atoms with E-state index in [1.54, 1.807) is 7.11 Å². The zero-order valence-corrected chi connectivity index (χ0v) is 23.3. The van der Waals surface area contributed by atoms with Gasteiger partial charge < -0.3 is 19.9 Å². The van der Waals surface area contributed by atoms with Gasteiger partial charge in [-0.1, -0.05) is 67.7 Å². The minimum Gasteiger partial charge on any atom is -0.497 e.